The number of hydrogen-bond donors (Lipinski definition) is 0. The van der Waals surface area contributed by atoms with Crippen molar-refractivity contribution in [3.8, 4) is 0 Å². The largest absolute Gasteiger partial charge is 0.351 e. The number of anilines is 1. The lowest BCUT2D eigenvalue weighted by Crippen LogP contribution is -2.38. The Morgan fingerprint density at radius 2 is 2.20 bits per heavy atom. The molecular formula is C15H20N4O. The van der Waals surface area contributed by atoms with Crippen molar-refractivity contribution in [2.45, 2.75) is 19.4 Å². The summed E-state index contributed by atoms with van der Waals surface area (Å²) in [5, 5.41) is 0. The van der Waals surface area contributed by atoms with E-state index in [1.807, 2.05) is 28.8 Å². The van der Waals surface area contributed by atoms with Crippen LogP contribution in [0.3, 0.4) is 0 Å². The van der Waals surface area contributed by atoms with Gasteiger partial charge in [0, 0.05) is 25.3 Å². The molecule has 20 heavy (non-hydrogen) atoms. The van der Waals surface area contributed by atoms with Crippen molar-refractivity contribution in [3.63, 3.8) is 0 Å². The minimum Gasteiger partial charge on any atom is -0.351 e. The van der Waals surface area contributed by atoms with Crippen LogP contribution in [0.25, 0.3) is 5.65 Å². The first-order valence-corrected chi connectivity index (χ1v) is 7.08. The molecule has 5 heteroatoms. The van der Waals surface area contributed by atoms with Gasteiger partial charge in [0.1, 0.15) is 11.3 Å². The predicted molar refractivity (Wildman–Crippen MR) is 79.5 cm³/mol. The fourth-order valence-electron chi connectivity index (χ4n) is 3.01. The Morgan fingerprint density at radius 3 is 3.00 bits per heavy atom. The summed E-state index contributed by atoms with van der Waals surface area (Å²) in [5.74, 6) is 0.814. The lowest BCUT2D eigenvalue weighted by atomic mass is 10.2. The summed E-state index contributed by atoms with van der Waals surface area (Å²) in [7, 11) is 2.14. The summed E-state index contributed by atoms with van der Waals surface area (Å²) < 4.78 is 1.86. The summed E-state index contributed by atoms with van der Waals surface area (Å²) >= 11 is 0. The van der Waals surface area contributed by atoms with E-state index in [2.05, 4.69) is 28.8 Å². The highest BCUT2D eigenvalue weighted by Gasteiger charge is 2.25. The zero-order valence-corrected chi connectivity index (χ0v) is 12.0. The van der Waals surface area contributed by atoms with Crippen LogP contribution in [0.2, 0.25) is 0 Å². The van der Waals surface area contributed by atoms with Gasteiger partial charge in [-0.1, -0.05) is 6.07 Å². The van der Waals surface area contributed by atoms with E-state index in [1.165, 1.54) is 0 Å². The molecule has 0 saturated carbocycles. The summed E-state index contributed by atoms with van der Waals surface area (Å²) in [6, 6.07) is 6.15. The SMILES string of the molecule is CC1CN(C)CCCN1c1nc2ccccn2c1C=O. The number of carbonyl (C=O) groups is 1. The molecule has 1 unspecified atom stereocenters. The van der Waals surface area contributed by atoms with Crippen LogP contribution in [-0.4, -0.2) is 53.3 Å². The summed E-state index contributed by atoms with van der Waals surface area (Å²) in [6.07, 6.45) is 3.90. The Kier molecular flexibility index (Phi) is 3.44. The van der Waals surface area contributed by atoms with Crippen molar-refractivity contribution in [1.29, 1.82) is 0 Å². The van der Waals surface area contributed by atoms with Crippen LogP contribution >= 0.6 is 0 Å². The topological polar surface area (TPSA) is 40.9 Å². The van der Waals surface area contributed by atoms with Crippen molar-refractivity contribution < 1.29 is 4.79 Å². The summed E-state index contributed by atoms with van der Waals surface area (Å²) in [6.45, 7) is 5.22. The Bertz CT molecular complexity index is 621. The van der Waals surface area contributed by atoms with Crippen molar-refractivity contribution in [3.05, 3.63) is 30.1 Å². The number of nitrogens with zero attached hydrogens (tertiary/aromatic N) is 4. The lowest BCUT2D eigenvalue weighted by molar-refractivity contribution is 0.111. The molecule has 1 saturated heterocycles. The van der Waals surface area contributed by atoms with E-state index < -0.39 is 0 Å². The highest BCUT2D eigenvalue weighted by atomic mass is 16.1. The quantitative estimate of drug-likeness (QED) is 0.780. The van der Waals surface area contributed by atoms with Crippen LogP contribution in [-0.2, 0) is 0 Å². The Labute approximate surface area is 118 Å². The van der Waals surface area contributed by atoms with E-state index in [4.69, 9.17) is 0 Å². The third-order valence-electron chi connectivity index (χ3n) is 3.98. The molecule has 0 bridgehead atoms. The van der Waals surface area contributed by atoms with Gasteiger partial charge in [0.15, 0.2) is 12.1 Å². The number of pyridine rings is 1. The number of aldehydes is 1. The first-order chi connectivity index (χ1) is 9.70. The fraction of sp³-hybridized carbons (Fsp3) is 0.467. The zero-order valence-electron chi connectivity index (χ0n) is 12.0. The molecule has 2 aromatic heterocycles. The molecule has 5 nitrogen and oxygen atoms in total. The molecule has 0 amide bonds. The molecule has 1 aliphatic rings. The number of rotatable bonds is 2. The second kappa shape index (κ2) is 5.25. The second-order valence-electron chi connectivity index (χ2n) is 5.53. The number of imidazole rings is 1. The molecule has 0 aliphatic carbocycles. The number of likely N-dealkylation sites (N-methyl/N-ethyl adjacent to an activating group) is 1. The van der Waals surface area contributed by atoms with Gasteiger partial charge in [-0.25, -0.2) is 4.98 Å². The minimum atomic E-state index is 0.353. The van der Waals surface area contributed by atoms with Crippen LogP contribution < -0.4 is 4.90 Å². The van der Waals surface area contributed by atoms with E-state index in [-0.39, 0.29) is 0 Å². The smallest absolute Gasteiger partial charge is 0.170 e. The third kappa shape index (κ3) is 2.18. The molecule has 1 aliphatic heterocycles. The zero-order chi connectivity index (χ0) is 14.1. The number of hydrogen-bond acceptors (Lipinski definition) is 4. The first kappa shape index (κ1) is 13.1. The van der Waals surface area contributed by atoms with E-state index in [9.17, 15) is 4.79 Å². The van der Waals surface area contributed by atoms with Gasteiger partial charge < -0.3 is 9.80 Å². The van der Waals surface area contributed by atoms with Gasteiger partial charge in [0.25, 0.3) is 0 Å². The summed E-state index contributed by atoms with van der Waals surface area (Å²) in [5.41, 5.74) is 1.48. The highest BCUT2D eigenvalue weighted by Crippen LogP contribution is 2.24. The van der Waals surface area contributed by atoms with Crippen molar-refractivity contribution in [1.82, 2.24) is 14.3 Å². The van der Waals surface area contributed by atoms with Gasteiger partial charge in [-0.05, 0) is 39.1 Å². The number of aromatic nitrogens is 2. The molecule has 2 aromatic rings. The molecule has 1 atom stereocenters. The van der Waals surface area contributed by atoms with Crippen LogP contribution in [0.5, 0.6) is 0 Å². The molecule has 3 heterocycles. The van der Waals surface area contributed by atoms with Gasteiger partial charge in [-0.2, -0.15) is 0 Å². The average molecular weight is 272 g/mol. The third-order valence-corrected chi connectivity index (χ3v) is 3.98. The molecule has 1 fully saturated rings. The highest BCUT2D eigenvalue weighted by molar-refractivity contribution is 5.83. The Hall–Kier alpha value is -1.88. The molecule has 0 radical (unpaired) electrons. The molecular weight excluding hydrogens is 252 g/mol. The maximum absolute atomic E-state index is 11.5. The van der Waals surface area contributed by atoms with E-state index in [1.54, 1.807) is 0 Å². The predicted octanol–water partition coefficient (Wildman–Crippen LogP) is 1.68. The van der Waals surface area contributed by atoms with Crippen LogP contribution in [0.1, 0.15) is 23.8 Å². The Morgan fingerprint density at radius 1 is 1.35 bits per heavy atom. The standard InChI is InChI=1S/C15H20N4O/c1-12-10-17(2)7-5-9-18(12)15-13(11-20)19-8-4-3-6-14(19)16-15/h3-4,6,8,11-12H,5,7,9-10H2,1-2H3. The monoisotopic (exact) mass is 272 g/mol. The molecule has 0 aromatic carbocycles. The van der Waals surface area contributed by atoms with Crippen molar-refractivity contribution >= 4 is 17.8 Å². The van der Waals surface area contributed by atoms with Crippen LogP contribution in [0.4, 0.5) is 5.82 Å². The minimum absolute atomic E-state index is 0.353. The fourth-order valence-corrected chi connectivity index (χ4v) is 3.01. The van der Waals surface area contributed by atoms with E-state index in [0.29, 0.717) is 11.7 Å². The van der Waals surface area contributed by atoms with Gasteiger partial charge in [0.05, 0.1) is 0 Å². The first-order valence-electron chi connectivity index (χ1n) is 7.08. The number of carbonyl (C=O) groups excluding carboxylic acids is 1. The molecule has 0 spiro atoms. The van der Waals surface area contributed by atoms with Crippen molar-refractivity contribution in [2.24, 2.45) is 0 Å². The van der Waals surface area contributed by atoms with Gasteiger partial charge in [-0.15, -0.1) is 0 Å². The van der Waals surface area contributed by atoms with E-state index >= 15 is 0 Å². The maximum Gasteiger partial charge on any atom is 0.170 e. The van der Waals surface area contributed by atoms with Crippen LogP contribution in [0, 0.1) is 0 Å². The molecule has 3 rings (SSSR count). The average Bonchev–Trinajstić information content (AvgIpc) is 2.72. The molecule has 0 N–H and O–H groups in total. The van der Waals surface area contributed by atoms with Crippen molar-refractivity contribution in [2.75, 3.05) is 31.6 Å². The lowest BCUT2D eigenvalue weighted by Gasteiger charge is -2.28. The molecule has 106 valence electrons. The Balaban J connectivity index is 2.06. The van der Waals surface area contributed by atoms with Gasteiger partial charge >= 0.3 is 0 Å². The van der Waals surface area contributed by atoms with Gasteiger partial charge in [0.2, 0.25) is 0 Å². The number of fused-ring (bicyclic) bond motifs is 1. The van der Waals surface area contributed by atoms with Crippen LogP contribution in [0.15, 0.2) is 24.4 Å². The second-order valence-corrected chi connectivity index (χ2v) is 5.53. The maximum atomic E-state index is 11.5. The van der Waals surface area contributed by atoms with Gasteiger partial charge in [-0.3, -0.25) is 9.20 Å². The van der Waals surface area contributed by atoms with E-state index in [0.717, 1.165) is 43.8 Å². The summed E-state index contributed by atoms with van der Waals surface area (Å²) in [4.78, 5) is 20.8. The normalized spacial score (nSPS) is 21.1.